The van der Waals surface area contributed by atoms with Crippen molar-refractivity contribution in [3.8, 4) is 0 Å². The first-order chi connectivity index (χ1) is 8.20. The molecule has 102 valence electrons. The smallest absolute Gasteiger partial charge is 0.0112 e. The highest BCUT2D eigenvalue weighted by molar-refractivity contribution is 4.78. The molecule has 0 aromatic rings. The lowest BCUT2D eigenvalue weighted by Gasteiger charge is -2.16. The van der Waals surface area contributed by atoms with Crippen LogP contribution in [0.25, 0.3) is 0 Å². The van der Waals surface area contributed by atoms with E-state index in [-0.39, 0.29) is 0 Å². The van der Waals surface area contributed by atoms with Gasteiger partial charge in [0.2, 0.25) is 0 Å². The molecule has 0 nitrogen and oxygen atoms in total. The summed E-state index contributed by atoms with van der Waals surface area (Å²) >= 11 is 0. The number of hydrogen-bond donors (Lipinski definition) is 0. The molecule has 0 heteroatoms. The molecule has 0 aromatic carbocycles. The van der Waals surface area contributed by atoms with Gasteiger partial charge in [-0.05, 0) is 18.3 Å². The van der Waals surface area contributed by atoms with E-state index in [4.69, 9.17) is 0 Å². The van der Waals surface area contributed by atoms with E-state index in [0.29, 0.717) is 11.8 Å². The van der Waals surface area contributed by atoms with E-state index in [0.717, 1.165) is 0 Å². The molecule has 2 radical (unpaired) electrons. The second-order valence-corrected chi connectivity index (χ2v) is 5.67. The van der Waals surface area contributed by atoms with Gasteiger partial charge in [-0.2, -0.15) is 0 Å². The number of hydrogen-bond acceptors (Lipinski definition) is 0. The molecule has 0 fully saturated rings. The van der Waals surface area contributed by atoms with Crippen molar-refractivity contribution in [2.75, 3.05) is 0 Å². The Balaban J connectivity index is 3.35. The summed E-state index contributed by atoms with van der Waals surface area (Å²) in [7, 11) is 0. The van der Waals surface area contributed by atoms with Crippen LogP contribution in [0.1, 0.15) is 91.9 Å². The molecule has 0 aliphatic heterocycles. The Labute approximate surface area is 111 Å². The van der Waals surface area contributed by atoms with Gasteiger partial charge in [0.05, 0.1) is 0 Å². The highest BCUT2D eigenvalue weighted by atomic mass is 14.1. The van der Waals surface area contributed by atoms with Gasteiger partial charge in [0, 0.05) is 0 Å². The van der Waals surface area contributed by atoms with E-state index in [9.17, 15) is 0 Å². The van der Waals surface area contributed by atoms with Crippen LogP contribution >= 0.6 is 0 Å². The van der Waals surface area contributed by atoms with Crippen molar-refractivity contribution in [2.45, 2.75) is 91.9 Å². The van der Waals surface area contributed by atoms with Gasteiger partial charge < -0.3 is 0 Å². The summed E-state index contributed by atoms with van der Waals surface area (Å²) in [6, 6.07) is 0. The highest BCUT2D eigenvalue weighted by Gasteiger charge is 2.09. The fraction of sp³-hybridized carbons (Fsp3) is 0.941. The second-order valence-electron chi connectivity index (χ2n) is 5.67. The molecule has 0 rings (SSSR count). The minimum atomic E-state index is 0.702. The lowest BCUT2D eigenvalue weighted by molar-refractivity contribution is 0.453. The second kappa shape index (κ2) is 12.5. The quantitative estimate of drug-likeness (QED) is 0.351. The van der Waals surface area contributed by atoms with Crippen molar-refractivity contribution >= 4 is 0 Å². The third kappa shape index (κ3) is 12.2. The fourth-order valence-corrected chi connectivity index (χ4v) is 2.41. The van der Waals surface area contributed by atoms with E-state index in [2.05, 4.69) is 34.1 Å². The lowest BCUT2D eigenvalue weighted by Crippen LogP contribution is -2.04. The van der Waals surface area contributed by atoms with Gasteiger partial charge in [0.15, 0.2) is 0 Å². The SMILES string of the molecule is CCCCCCC(C)[C]C(C)CCCCCC. The average Bonchev–Trinajstić information content (AvgIpc) is 2.30. The monoisotopic (exact) mass is 238 g/mol. The summed E-state index contributed by atoms with van der Waals surface area (Å²) < 4.78 is 0. The van der Waals surface area contributed by atoms with Crippen molar-refractivity contribution in [1.82, 2.24) is 0 Å². The summed E-state index contributed by atoms with van der Waals surface area (Å²) in [4.78, 5) is 0. The standard InChI is InChI=1S/C17H34/c1-5-7-9-11-13-16(3)15-17(4)14-12-10-8-6-2/h16-17H,5-14H2,1-4H3. The molecule has 0 bridgehead atoms. The first-order valence-electron chi connectivity index (χ1n) is 7.96. The zero-order valence-corrected chi connectivity index (χ0v) is 12.7. The van der Waals surface area contributed by atoms with Gasteiger partial charge in [-0.3, -0.25) is 0 Å². The largest absolute Gasteiger partial charge is 0.0654 e. The van der Waals surface area contributed by atoms with Crippen LogP contribution in [0.5, 0.6) is 0 Å². The maximum Gasteiger partial charge on any atom is -0.0112 e. The van der Waals surface area contributed by atoms with E-state index in [1.807, 2.05) is 0 Å². The molecule has 0 saturated carbocycles. The van der Waals surface area contributed by atoms with Crippen LogP contribution in [0.4, 0.5) is 0 Å². The topological polar surface area (TPSA) is 0 Å². The molecular weight excluding hydrogens is 204 g/mol. The molecule has 0 heterocycles. The normalized spacial score (nSPS) is 14.8. The van der Waals surface area contributed by atoms with Gasteiger partial charge in [-0.15, -0.1) is 0 Å². The van der Waals surface area contributed by atoms with Crippen LogP contribution in [0.2, 0.25) is 0 Å². The first kappa shape index (κ1) is 17.0. The maximum absolute atomic E-state index is 3.73. The molecule has 2 atom stereocenters. The molecule has 0 saturated heterocycles. The predicted octanol–water partition coefficient (Wildman–Crippen LogP) is 6.28. The van der Waals surface area contributed by atoms with Gasteiger partial charge in [0.1, 0.15) is 0 Å². The molecule has 0 N–H and O–H groups in total. The summed E-state index contributed by atoms with van der Waals surface area (Å²) in [6.45, 7) is 9.24. The Kier molecular flexibility index (Phi) is 12.5. The van der Waals surface area contributed by atoms with Crippen LogP contribution < -0.4 is 0 Å². The van der Waals surface area contributed by atoms with Gasteiger partial charge in [-0.1, -0.05) is 91.9 Å². The Morgan fingerprint density at radius 3 is 1.41 bits per heavy atom. The molecule has 0 aliphatic carbocycles. The van der Waals surface area contributed by atoms with Crippen molar-refractivity contribution < 1.29 is 0 Å². The Bertz CT molecular complexity index is 123. The van der Waals surface area contributed by atoms with E-state index in [1.54, 1.807) is 0 Å². The molecule has 0 spiro atoms. The summed E-state index contributed by atoms with van der Waals surface area (Å²) in [6.07, 6.45) is 17.5. The van der Waals surface area contributed by atoms with E-state index < -0.39 is 0 Å². The minimum Gasteiger partial charge on any atom is -0.0654 e. The van der Waals surface area contributed by atoms with Crippen molar-refractivity contribution in [2.24, 2.45) is 11.8 Å². The lowest BCUT2D eigenvalue weighted by atomic mass is 9.89. The van der Waals surface area contributed by atoms with Crippen LogP contribution in [-0.4, -0.2) is 0 Å². The van der Waals surface area contributed by atoms with Crippen molar-refractivity contribution in [3.63, 3.8) is 0 Å². The average molecular weight is 238 g/mol. The van der Waals surface area contributed by atoms with Gasteiger partial charge >= 0.3 is 0 Å². The molecular formula is C17H34. The maximum atomic E-state index is 3.73. The zero-order valence-electron chi connectivity index (χ0n) is 12.7. The van der Waals surface area contributed by atoms with Crippen molar-refractivity contribution in [3.05, 3.63) is 6.42 Å². The Hall–Kier alpha value is 0. The molecule has 0 aliphatic rings. The fourth-order valence-electron chi connectivity index (χ4n) is 2.41. The molecule has 0 aromatic heterocycles. The Morgan fingerprint density at radius 2 is 1.06 bits per heavy atom. The summed E-state index contributed by atoms with van der Waals surface area (Å²) in [5.74, 6) is 1.40. The van der Waals surface area contributed by atoms with Crippen molar-refractivity contribution in [1.29, 1.82) is 0 Å². The van der Waals surface area contributed by atoms with E-state index in [1.165, 1.54) is 64.2 Å². The molecule has 0 amide bonds. The summed E-state index contributed by atoms with van der Waals surface area (Å²) in [5, 5.41) is 0. The van der Waals surface area contributed by atoms with Crippen LogP contribution in [0.15, 0.2) is 0 Å². The molecule has 17 heavy (non-hydrogen) atoms. The van der Waals surface area contributed by atoms with Crippen LogP contribution in [0.3, 0.4) is 0 Å². The Morgan fingerprint density at radius 1 is 0.647 bits per heavy atom. The van der Waals surface area contributed by atoms with Crippen LogP contribution in [-0.2, 0) is 0 Å². The number of unbranched alkanes of at least 4 members (excludes halogenated alkanes) is 6. The minimum absolute atomic E-state index is 0.702. The van der Waals surface area contributed by atoms with Gasteiger partial charge in [-0.25, -0.2) is 0 Å². The molecule has 2 unspecified atom stereocenters. The highest BCUT2D eigenvalue weighted by Crippen LogP contribution is 2.21. The van der Waals surface area contributed by atoms with E-state index >= 15 is 0 Å². The summed E-state index contributed by atoms with van der Waals surface area (Å²) in [5.41, 5.74) is 0. The third-order valence-electron chi connectivity index (χ3n) is 3.55. The third-order valence-corrected chi connectivity index (χ3v) is 3.55. The van der Waals surface area contributed by atoms with Gasteiger partial charge in [0.25, 0.3) is 0 Å². The van der Waals surface area contributed by atoms with Crippen LogP contribution in [0, 0.1) is 18.3 Å². The first-order valence-corrected chi connectivity index (χ1v) is 7.96. The zero-order chi connectivity index (χ0) is 12.9. The number of rotatable bonds is 12. The predicted molar refractivity (Wildman–Crippen MR) is 79.1 cm³/mol.